The third-order valence-corrected chi connectivity index (χ3v) is 4.50. The van der Waals surface area contributed by atoms with Gasteiger partial charge in [-0.3, -0.25) is 15.0 Å². The average molecular weight is 334 g/mol. The first kappa shape index (κ1) is 16.6. The smallest absolute Gasteiger partial charge is 0.319 e. The van der Waals surface area contributed by atoms with Gasteiger partial charge in [0.05, 0.1) is 19.3 Å². The maximum Gasteiger partial charge on any atom is 0.319 e. The van der Waals surface area contributed by atoms with Crippen molar-refractivity contribution in [2.24, 2.45) is 0 Å². The van der Waals surface area contributed by atoms with Crippen LogP contribution in [0.3, 0.4) is 0 Å². The number of hydrogen-bond acceptors (Lipinski definition) is 5. The van der Waals surface area contributed by atoms with Crippen molar-refractivity contribution >= 4 is 11.9 Å². The Morgan fingerprint density at radius 1 is 1.33 bits per heavy atom. The maximum atomic E-state index is 11.7. The maximum absolute atomic E-state index is 11.7. The third kappa shape index (κ3) is 3.62. The lowest BCUT2D eigenvalue weighted by Gasteiger charge is -2.23. The normalized spacial score (nSPS) is 21.7. The molecule has 2 N–H and O–H groups in total. The van der Waals surface area contributed by atoms with E-state index in [0.717, 1.165) is 18.4 Å². The van der Waals surface area contributed by atoms with Crippen LogP contribution in [-0.4, -0.2) is 41.8 Å². The Morgan fingerprint density at radius 2 is 2.08 bits per heavy atom. The van der Waals surface area contributed by atoms with Crippen molar-refractivity contribution in [3.8, 4) is 11.5 Å². The number of ether oxygens (including phenoxy) is 2. The van der Waals surface area contributed by atoms with Crippen LogP contribution in [0.2, 0.25) is 0 Å². The van der Waals surface area contributed by atoms with E-state index in [9.17, 15) is 9.59 Å². The molecule has 1 amide bonds. The molecule has 7 heteroatoms. The highest BCUT2D eigenvalue weighted by atomic mass is 16.5. The SMILES string of the molecule is COc1ccc(C2CC(=O)NN2CC(=O)O)cc1OC1CCCC1. The van der Waals surface area contributed by atoms with Gasteiger partial charge in [0.1, 0.15) is 6.54 Å². The molecule has 1 saturated carbocycles. The van der Waals surface area contributed by atoms with E-state index < -0.39 is 5.97 Å². The fourth-order valence-electron chi connectivity index (χ4n) is 3.34. The van der Waals surface area contributed by atoms with Gasteiger partial charge >= 0.3 is 5.97 Å². The molecule has 2 aliphatic rings. The number of carbonyl (C=O) groups is 2. The minimum atomic E-state index is -0.988. The van der Waals surface area contributed by atoms with E-state index in [2.05, 4.69) is 5.43 Å². The van der Waals surface area contributed by atoms with Crippen molar-refractivity contribution in [1.29, 1.82) is 0 Å². The fourth-order valence-corrected chi connectivity index (χ4v) is 3.34. The number of carboxylic acids is 1. The molecule has 7 nitrogen and oxygen atoms in total. The zero-order valence-corrected chi connectivity index (χ0v) is 13.7. The van der Waals surface area contributed by atoms with Gasteiger partial charge in [-0.25, -0.2) is 5.01 Å². The highest BCUT2D eigenvalue weighted by Gasteiger charge is 2.33. The first-order chi connectivity index (χ1) is 11.6. The second kappa shape index (κ2) is 7.09. The van der Waals surface area contributed by atoms with Crippen LogP contribution in [0.4, 0.5) is 0 Å². The van der Waals surface area contributed by atoms with Gasteiger partial charge in [-0.1, -0.05) is 6.07 Å². The van der Waals surface area contributed by atoms with Gasteiger partial charge < -0.3 is 14.6 Å². The summed E-state index contributed by atoms with van der Waals surface area (Å²) in [6.07, 6.45) is 4.81. The van der Waals surface area contributed by atoms with E-state index in [0.29, 0.717) is 11.5 Å². The lowest BCUT2D eigenvalue weighted by molar-refractivity contribution is -0.139. The first-order valence-electron chi connectivity index (χ1n) is 8.19. The summed E-state index contributed by atoms with van der Waals surface area (Å²) in [4.78, 5) is 22.7. The number of rotatable bonds is 6. The average Bonchev–Trinajstić information content (AvgIpc) is 3.16. The number of carboxylic acid groups (broad SMARTS) is 1. The Morgan fingerprint density at radius 3 is 2.75 bits per heavy atom. The molecule has 1 aromatic carbocycles. The van der Waals surface area contributed by atoms with Gasteiger partial charge in [0.15, 0.2) is 11.5 Å². The Bertz CT molecular complexity index is 627. The molecule has 0 spiro atoms. The molecule has 0 bridgehead atoms. The van der Waals surface area contributed by atoms with E-state index >= 15 is 0 Å². The molecule has 0 aromatic heterocycles. The van der Waals surface area contributed by atoms with Crippen LogP contribution in [0, 0.1) is 0 Å². The highest BCUT2D eigenvalue weighted by Crippen LogP contribution is 2.36. The number of aliphatic carboxylic acids is 1. The Balaban J connectivity index is 1.84. The number of hydrogen-bond donors (Lipinski definition) is 2. The van der Waals surface area contributed by atoms with E-state index in [-0.39, 0.29) is 31.0 Å². The molecule has 1 aromatic rings. The lowest BCUT2D eigenvalue weighted by Crippen LogP contribution is -2.38. The summed E-state index contributed by atoms with van der Waals surface area (Å²) in [6, 6.07) is 5.18. The molecule has 130 valence electrons. The van der Waals surface area contributed by atoms with Gasteiger partial charge in [0.25, 0.3) is 0 Å². The quantitative estimate of drug-likeness (QED) is 0.826. The largest absolute Gasteiger partial charge is 0.493 e. The highest BCUT2D eigenvalue weighted by molar-refractivity contribution is 5.79. The topological polar surface area (TPSA) is 88.1 Å². The van der Waals surface area contributed by atoms with Crippen LogP contribution in [0.5, 0.6) is 11.5 Å². The van der Waals surface area contributed by atoms with E-state index in [1.807, 2.05) is 12.1 Å². The van der Waals surface area contributed by atoms with Gasteiger partial charge in [-0.2, -0.15) is 0 Å². The van der Waals surface area contributed by atoms with E-state index in [1.54, 1.807) is 13.2 Å². The summed E-state index contributed by atoms with van der Waals surface area (Å²) in [6.45, 7) is -0.249. The first-order valence-corrected chi connectivity index (χ1v) is 8.19. The molecule has 24 heavy (non-hydrogen) atoms. The molecule has 1 saturated heterocycles. The zero-order valence-electron chi connectivity index (χ0n) is 13.7. The summed E-state index contributed by atoms with van der Waals surface area (Å²) in [5.41, 5.74) is 3.43. The molecular formula is C17H22N2O5. The van der Waals surface area contributed by atoms with Crippen molar-refractivity contribution in [2.75, 3.05) is 13.7 Å². The summed E-state index contributed by atoms with van der Waals surface area (Å²) in [5, 5.41) is 10.5. The van der Waals surface area contributed by atoms with E-state index in [1.165, 1.54) is 17.9 Å². The Hall–Kier alpha value is -2.28. The molecule has 1 unspecified atom stereocenters. The summed E-state index contributed by atoms with van der Waals surface area (Å²) < 4.78 is 11.4. The van der Waals surface area contributed by atoms with Crippen molar-refractivity contribution < 1.29 is 24.2 Å². The predicted octanol–water partition coefficient (Wildman–Crippen LogP) is 1.88. The predicted molar refractivity (Wildman–Crippen MR) is 85.7 cm³/mol. The fraction of sp³-hybridized carbons (Fsp3) is 0.529. The van der Waals surface area contributed by atoms with Gasteiger partial charge in [-0.15, -0.1) is 0 Å². The molecule has 2 fully saturated rings. The van der Waals surface area contributed by atoms with Crippen LogP contribution in [0.1, 0.15) is 43.7 Å². The molecule has 1 atom stereocenters. The summed E-state index contributed by atoms with van der Waals surface area (Å²) in [5.74, 6) is 0.123. The lowest BCUT2D eigenvalue weighted by atomic mass is 10.0. The van der Waals surface area contributed by atoms with E-state index in [4.69, 9.17) is 14.6 Å². The van der Waals surface area contributed by atoms with Crippen LogP contribution in [0.15, 0.2) is 18.2 Å². The second-order valence-corrected chi connectivity index (χ2v) is 6.21. The van der Waals surface area contributed by atoms with Crippen molar-refractivity contribution in [3.63, 3.8) is 0 Å². The molecule has 3 rings (SSSR count). The number of nitrogens with one attached hydrogen (secondary N) is 1. The molecule has 0 radical (unpaired) electrons. The minimum absolute atomic E-state index is 0.185. The van der Waals surface area contributed by atoms with Crippen LogP contribution in [0.25, 0.3) is 0 Å². The number of nitrogens with zero attached hydrogens (tertiary/aromatic N) is 1. The zero-order chi connectivity index (χ0) is 17.1. The summed E-state index contributed by atoms with van der Waals surface area (Å²) in [7, 11) is 1.59. The molecular weight excluding hydrogens is 312 g/mol. The standard InChI is InChI=1S/C17H22N2O5/c1-23-14-7-6-11(8-15(14)24-12-4-2-3-5-12)13-9-16(20)18-19(13)10-17(21)22/h6-8,12-13H,2-5,9-10H2,1H3,(H,18,20)(H,21,22). The van der Waals surface area contributed by atoms with Crippen molar-refractivity contribution in [2.45, 2.75) is 44.2 Å². The van der Waals surface area contributed by atoms with Crippen molar-refractivity contribution in [1.82, 2.24) is 10.4 Å². The van der Waals surface area contributed by atoms with Crippen LogP contribution in [-0.2, 0) is 9.59 Å². The van der Waals surface area contributed by atoms with Gasteiger partial charge in [-0.05, 0) is 43.4 Å². The number of benzene rings is 1. The Kier molecular flexibility index (Phi) is 4.89. The summed E-state index contributed by atoms with van der Waals surface area (Å²) >= 11 is 0. The number of carbonyl (C=O) groups excluding carboxylic acids is 1. The Labute approximate surface area is 140 Å². The molecule has 1 aliphatic carbocycles. The monoisotopic (exact) mass is 334 g/mol. The second-order valence-electron chi connectivity index (χ2n) is 6.21. The van der Waals surface area contributed by atoms with Crippen LogP contribution < -0.4 is 14.9 Å². The van der Waals surface area contributed by atoms with Gasteiger partial charge in [0, 0.05) is 6.42 Å². The minimum Gasteiger partial charge on any atom is -0.493 e. The molecule has 1 aliphatic heterocycles. The van der Waals surface area contributed by atoms with Crippen LogP contribution >= 0.6 is 0 Å². The third-order valence-electron chi connectivity index (χ3n) is 4.50. The number of methoxy groups -OCH3 is 1. The van der Waals surface area contributed by atoms with Gasteiger partial charge in [0.2, 0.25) is 5.91 Å². The number of amides is 1. The molecule has 1 heterocycles. The number of hydrazine groups is 1. The van der Waals surface area contributed by atoms with Crippen molar-refractivity contribution in [3.05, 3.63) is 23.8 Å².